The number of aromatic nitrogens is 1. The standard InChI is InChI=1S/C3H4N2S3/c1-6-3-5-2(4)7-8-3/h4H,1H3. The van der Waals surface area contributed by atoms with Gasteiger partial charge in [0.15, 0.2) is 4.34 Å². The van der Waals surface area contributed by atoms with E-state index >= 15 is 0 Å². The summed E-state index contributed by atoms with van der Waals surface area (Å²) in [6.45, 7) is 0. The third kappa shape index (κ3) is 1.30. The zero-order valence-corrected chi connectivity index (χ0v) is 6.62. The zero-order valence-electron chi connectivity index (χ0n) is 4.17. The molecule has 0 spiro atoms. The molecule has 0 atom stereocenters. The highest BCUT2D eigenvalue weighted by molar-refractivity contribution is 8.01. The van der Waals surface area contributed by atoms with Crippen molar-refractivity contribution in [2.75, 3.05) is 6.26 Å². The molecule has 0 aliphatic rings. The number of hydrogen-bond acceptors (Lipinski definition) is 5. The highest BCUT2D eigenvalue weighted by atomic mass is 32.9. The van der Waals surface area contributed by atoms with Crippen LogP contribution in [0.5, 0.6) is 0 Å². The molecule has 5 heteroatoms. The first kappa shape index (κ1) is 6.25. The molecule has 0 aromatic carbocycles. The summed E-state index contributed by atoms with van der Waals surface area (Å²) in [5, 5.41) is 7.02. The smallest absolute Gasteiger partial charge is 0.213 e. The van der Waals surface area contributed by atoms with Crippen molar-refractivity contribution >= 4 is 32.4 Å². The van der Waals surface area contributed by atoms with Gasteiger partial charge in [0, 0.05) is 0 Å². The van der Waals surface area contributed by atoms with Gasteiger partial charge in [0.25, 0.3) is 0 Å². The van der Waals surface area contributed by atoms with Crippen molar-refractivity contribution in [2.24, 2.45) is 0 Å². The second-order valence-corrected chi connectivity index (χ2v) is 4.21. The van der Waals surface area contributed by atoms with E-state index < -0.39 is 0 Å². The molecule has 1 aromatic heterocycles. The molecular weight excluding hydrogens is 160 g/mol. The van der Waals surface area contributed by atoms with Crippen molar-refractivity contribution in [2.45, 2.75) is 4.34 Å². The Balaban J connectivity index is 3.01. The molecule has 1 aromatic rings. The third-order valence-electron chi connectivity index (χ3n) is 0.559. The molecule has 8 heavy (non-hydrogen) atoms. The summed E-state index contributed by atoms with van der Waals surface area (Å²) in [7, 11) is 2.96. The molecule has 44 valence electrons. The maximum Gasteiger partial charge on any atom is 0.213 e. The molecule has 0 fully saturated rings. The summed E-state index contributed by atoms with van der Waals surface area (Å²) in [5.74, 6) is 0. The van der Waals surface area contributed by atoms with Gasteiger partial charge in [-0.2, -0.15) is 0 Å². The van der Waals surface area contributed by atoms with Crippen molar-refractivity contribution in [3.8, 4) is 0 Å². The van der Waals surface area contributed by atoms with Gasteiger partial charge < -0.3 is 0 Å². The first-order valence-electron chi connectivity index (χ1n) is 1.88. The number of rotatable bonds is 1. The Morgan fingerprint density at radius 1 is 1.62 bits per heavy atom. The first-order chi connectivity index (χ1) is 3.83. The summed E-state index contributed by atoms with van der Waals surface area (Å²) >= 11 is 1.59. The van der Waals surface area contributed by atoms with Crippen molar-refractivity contribution in [3.63, 3.8) is 0 Å². The quantitative estimate of drug-likeness (QED) is 0.503. The minimum absolute atomic E-state index is 0.416. The van der Waals surface area contributed by atoms with Crippen molar-refractivity contribution in [1.29, 1.82) is 5.41 Å². The van der Waals surface area contributed by atoms with Gasteiger partial charge in [-0.15, -0.1) is 0 Å². The Morgan fingerprint density at radius 3 is 2.62 bits per heavy atom. The van der Waals surface area contributed by atoms with E-state index in [1.54, 1.807) is 22.1 Å². The molecule has 2 nitrogen and oxygen atoms in total. The molecule has 0 aliphatic carbocycles. The summed E-state index contributed by atoms with van der Waals surface area (Å²) in [4.78, 5) is 4.31. The van der Waals surface area contributed by atoms with Crippen LogP contribution in [0, 0.1) is 5.41 Å². The predicted octanol–water partition coefficient (Wildman–Crippen LogP) is 1.41. The Bertz CT molecular complexity index is 212. The lowest BCUT2D eigenvalue weighted by Gasteiger charge is -1.75. The van der Waals surface area contributed by atoms with Gasteiger partial charge in [0.2, 0.25) is 4.80 Å². The number of hydrogen-bond donors (Lipinski definition) is 1. The molecule has 1 heterocycles. The Labute approximate surface area is 58.5 Å². The molecule has 1 N–H and O–H groups in total. The second-order valence-electron chi connectivity index (χ2n) is 1.05. The molecular formula is C3H4N2S3. The topological polar surface area (TPSA) is 36.7 Å². The first-order valence-corrected chi connectivity index (χ1v) is 5.26. The van der Waals surface area contributed by atoms with Crippen LogP contribution < -0.4 is 4.80 Å². The predicted molar refractivity (Wildman–Crippen MR) is 37.6 cm³/mol. The fourth-order valence-corrected chi connectivity index (χ4v) is 2.85. The van der Waals surface area contributed by atoms with E-state index in [0.29, 0.717) is 4.80 Å². The normalized spacial score (nSPS) is 9.62. The SMILES string of the molecule is CSc1nc(=N)ss1. The van der Waals surface area contributed by atoms with Crippen LogP contribution in [0.2, 0.25) is 0 Å². The number of nitrogens with zero attached hydrogens (tertiary/aromatic N) is 1. The van der Waals surface area contributed by atoms with Crippen molar-refractivity contribution in [3.05, 3.63) is 4.80 Å². The minimum Gasteiger partial charge on any atom is -0.273 e. The lowest BCUT2D eigenvalue weighted by atomic mass is 11.3. The average molecular weight is 164 g/mol. The fraction of sp³-hybridized carbons (Fsp3) is 0.333. The maximum atomic E-state index is 7.02. The van der Waals surface area contributed by atoms with E-state index in [1.807, 2.05) is 6.26 Å². The summed E-state index contributed by atoms with van der Waals surface area (Å²) < 4.78 is 0.986. The Morgan fingerprint density at radius 2 is 2.38 bits per heavy atom. The van der Waals surface area contributed by atoms with E-state index in [1.165, 1.54) is 10.3 Å². The molecule has 0 radical (unpaired) electrons. The van der Waals surface area contributed by atoms with Crippen LogP contribution in [-0.2, 0) is 0 Å². The molecule has 0 unspecified atom stereocenters. The van der Waals surface area contributed by atoms with Crippen LogP contribution in [0.4, 0.5) is 0 Å². The highest BCUT2D eigenvalue weighted by Crippen LogP contribution is 2.17. The minimum atomic E-state index is 0.416. The third-order valence-corrected chi connectivity index (χ3v) is 3.83. The van der Waals surface area contributed by atoms with Gasteiger partial charge in [-0.25, -0.2) is 4.98 Å². The zero-order chi connectivity index (χ0) is 5.98. The summed E-state index contributed by atoms with van der Waals surface area (Å²) in [6.07, 6.45) is 1.96. The van der Waals surface area contributed by atoms with Crippen LogP contribution in [0.15, 0.2) is 4.34 Å². The molecule has 0 bridgehead atoms. The van der Waals surface area contributed by atoms with E-state index in [2.05, 4.69) is 4.98 Å². The van der Waals surface area contributed by atoms with Crippen LogP contribution >= 0.6 is 32.4 Å². The Hall–Kier alpha value is 0.130. The van der Waals surface area contributed by atoms with Gasteiger partial charge in [0.05, 0.1) is 0 Å². The fourth-order valence-electron chi connectivity index (χ4n) is 0.275. The Kier molecular flexibility index (Phi) is 2.04. The second kappa shape index (κ2) is 2.61. The maximum absolute atomic E-state index is 7.02. The van der Waals surface area contributed by atoms with Gasteiger partial charge >= 0.3 is 0 Å². The number of thioether (sulfide) groups is 1. The van der Waals surface area contributed by atoms with Gasteiger partial charge in [-0.1, -0.05) is 11.8 Å². The molecule has 0 saturated heterocycles. The lowest BCUT2D eigenvalue weighted by Crippen LogP contribution is -1.91. The van der Waals surface area contributed by atoms with E-state index in [0.717, 1.165) is 4.34 Å². The molecule has 0 aliphatic heterocycles. The molecule has 0 amide bonds. The average Bonchev–Trinajstić information content (AvgIpc) is 2.14. The van der Waals surface area contributed by atoms with E-state index in [-0.39, 0.29) is 0 Å². The van der Waals surface area contributed by atoms with Gasteiger partial charge in [-0.05, 0) is 26.9 Å². The van der Waals surface area contributed by atoms with Crippen LogP contribution in [-0.4, -0.2) is 11.2 Å². The highest BCUT2D eigenvalue weighted by Gasteiger charge is 1.91. The van der Waals surface area contributed by atoms with Crippen LogP contribution in [0.3, 0.4) is 0 Å². The van der Waals surface area contributed by atoms with E-state index in [9.17, 15) is 0 Å². The van der Waals surface area contributed by atoms with Crippen LogP contribution in [0.25, 0.3) is 0 Å². The van der Waals surface area contributed by atoms with E-state index in [4.69, 9.17) is 5.41 Å². The van der Waals surface area contributed by atoms with Crippen molar-refractivity contribution in [1.82, 2.24) is 4.98 Å². The largest absolute Gasteiger partial charge is 0.273 e. The van der Waals surface area contributed by atoms with Gasteiger partial charge in [-0.3, -0.25) is 5.41 Å². The monoisotopic (exact) mass is 164 g/mol. The summed E-state index contributed by atoms with van der Waals surface area (Å²) in [5.41, 5.74) is 0. The van der Waals surface area contributed by atoms with Gasteiger partial charge in [0.1, 0.15) is 0 Å². The summed E-state index contributed by atoms with van der Waals surface area (Å²) in [6, 6.07) is 0. The lowest BCUT2D eigenvalue weighted by molar-refractivity contribution is 1.11. The van der Waals surface area contributed by atoms with Crippen molar-refractivity contribution < 1.29 is 0 Å². The molecule has 0 saturated carbocycles. The molecule has 1 rings (SSSR count). The number of nitrogens with one attached hydrogen (secondary N) is 1. The van der Waals surface area contributed by atoms with Crippen LogP contribution in [0.1, 0.15) is 0 Å².